The topological polar surface area (TPSA) is 7.12 Å². The van der Waals surface area contributed by atoms with Crippen LogP contribution >= 0.6 is 0 Å². The van der Waals surface area contributed by atoms with Gasteiger partial charge < -0.3 is 4.90 Å². The molecule has 3 heteroatoms. The van der Waals surface area contributed by atoms with Crippen molar-refractivity contribution in [2.24, 2.45) is 0 Å². The molecule has 3 heterocycles. The largest absolute Gasteiger partial charge is 0.311 e. The van der Waals surface area contributed by atoms with E-state index in [1.165, 1.54) is 55.8 Å². The molecule has 0 saturated carbocycles. The number of fused-ring (bicyclic) bond motifs is 6. The van der Waals surface area contributed by atoms with Gasteiger partial charge in [-0.15, -0.1) is 0 Å². The number of aromatic nitrogens is 1. The van der Waals surface area contributed by atoms with Gasteiger partial charge in [-0.2, -0.15) is 4.57 Å². The van der Waals surface area contributed by atoms with Crippen LogP contribution in [-0.2, 0) is 6.54 Å². The molecule has 174 valence electrons. The van der Waals surface area contributed by atoms with Crippen molar-refractivity contribution in [3.63, 3.8) is 0 Å². The Morgan fingerprint density at radius 1 is 0.722 bits per heavy atom. The van der Waals surface area contributed by atoms with Gasteiger partial charge in [0.05, 0.1) is 5.56 Å². The molecule has 2 nitrogen and oxygen atoms in total. The average Bonchev–Trinajstić information content (AvgIpc) is 3.26. The molecule has 0 fully saturated rings. The molecule has 1 aromatic heterocycles. The van der Waals surface area contributed by atoms with E-state index in [1.54, 1.807) is 5.19 Å². The molecule has 0 atom stereocenters. The normalized spacial score (nSPS) is 14.6. The number of rotatable bonds is 2. The highest BCUT2D eigenvalue weighted by Gasteiger charge is 2.44. The highest BCUT2D eigenvalue weighted by Crippen LogP contribution is 2.41. The lowest BCUT2D eigenvalue weighted by atomic mass is 10.00. The highest BCUT2D eigenvalue weighted by atomic mass is 28.3. The number of hydrogen-bond acceptors (Lipinski definition) is 1. The third kappa shape index (κ3) is 2.99. The molecular weight excluding hydrogens is 452 g/mol. The Morgan fingerprint density at radius 2 is 1.42 bits per heavy atom. The molecule has 5 aromatic rings. The zero-order valence-electron chi connectivity index (χ0n) is 21.0. The molecule has 0 radical (unpaired) electrons. The van der Waals surface area contributed by atoms with Gasteiger partial charge in [0.15, 0.2) is 12.7 Å². The Morgan fingerprint density at radius 3 is 2.19 bits per heavy atom. The van der Waals surface area contributed by atoms with Crippen molar-refractivity contribution in [1.82, 2.24) is 0 Å². The molecule has 0 saturated heterocycles. The lowest BCUT2D eigenvalue weighted by molar-refractivity contribution is -0.671. The predicted molar refractivity (Wildman–Crippen MR) is 153 cm³/mol. The summed E-state index contributed by atoms with van der Waals surface area (Å²) in [5.41, 5.74) is 12.1. The summed E-state index contributed by atoms with van der Waals surface area (Å²) in [6.45, 7) is 8.23. The van der Waals surface area contributed by atoms with Gasteiger partial charge in [-0.3, -0.25) is 0 Å². The molecule has 7 rings (SSSR count). The van der Waals surface area contributed by atoms with Gasteiger partial charge in [-0.25, -0.2) is 0 Å². The van der Waals surface area contributed by atoms with Crippen LogP contribution in [-0.4, -0.2) is 8.07 Å². The minimum absolute atomic E-state index is 0.926. The SMILES string of the molecule is Cc1cc2[n+](cc1-c1ccccc1)Cc1c-2ccc2c1[Si](C)(C)c1ccccc1N2c1ccccc1. The fourth-order valence-electron chi connectivity index (χ4n) is 6.39. The number of aryl methyl sites for hydroxylation is 1. The smallest absolute Gasteiger partial charge is 0.213 e. The first-order valence-corrected chi connectivity index (χ1v) is 15.7. The quantitative estimate of drug-likeness (QED) is 0.200. The van der Waals surface area contributed by atoms with Gasteiger partial charge in [0.1, 0.15) is 8.07 Å². The van der Waals surface area contributed by atoms with Crippen molar-refractivity contribution in [3.8, 4) is 22.4 Å². The van der Waals surface area contributed by atoms with Crippen LogP contribution in [0.5, 0.6) is 0 Å². The molecule has 4 aromatic carbocycles. The zero-order chi connectivity index (χ0) is 24.4. The second-order valence-corrected chi connectivity index (χ2v) is 14.8. The minimum atomic E-state index is -1.95. The number of anilines is 3. The number of benzene rings is 4. The Balaban J connectivity index is 1.45. The van der Waals surface area contributed by atoms with Crippen molar-refractivity contribution in [2.45, 2.75) is 26.6 Å². The fraction of sp³-hybridized carbons (Fsp3) is 0.121. The van der Waals surface area contributed by atoms with Gasteiger partial charge in [0.25, 0.3) is 0 Å². The molecule has 0 amide bonds. The highest BCUT2D eigenvalue weighted by molar-refractivity contribution is 7.03. The van der Waals surface area contributed by atoms with Crippen molar-refractivity contribution < 1.29 is 4.57 Å². The molecule has 0 unspecified atom stereocenters. The molecule has 0 bridgehead atoms. The van der Waals surface area contributed by atoms with E-state index in [0.717, 1.165) is 6.54 Å². The number of nitrogens with zero attached hydrogens (tertiary/aromatic N) is 2. The Bertz CT molecular complexity index is 1640. The van der Waals surface area contributed by atoms with Crippen molar-refractivity contribution in [2.75, 3.05) is 4.90 Å². The van der Waals surface area contributed by atoms with Crippen LogP contribution in [0.2, 0.25) is 13.1 Å². The standard InChI is InChI=1S/C33H29N2Si/c1-23-20-31-26-18-19-30-33(28(26)22-34(31)21-27(23)24-12-6-4-7-13-24)36(2,3)32-17-11-10-16-29(32)35(30)25-14-8-5-9-15-25/h4-21H,22H2,1-3H3/q+1. The summed E-state index contributed by atoms with van der Waals surface area (Å²) in [5, 5.41) is 3.09. The summed E-state index contributed by atoms with van der Waals surface area (Å²) in [4.78, 5) is 2.48. The Kier molecular flexibility index (Phi) is 4.61. The van der Waals surface area contributed by atoms with E-state index in [1.807, 2.05) is 0 Å². The second kappa shape index (κ2) is 7.77. The van der Waals surface area contributed by atoms with Crippen molar-refractivity contribution >= 4 is 35.5 Å². The van der Waals surface area contributed by atoms with Gasteiger partial charge in [-0.05, 0) is 58.8 Å². The van der Waals surface area contributed by atoms with Crippen molar-refractivity contribution in [1.29, 1.82) is 0 Å². The van der Waals surface area contributed by atoms with E-state index in [2.05, 4.69) is 139 Å². The van der Waals surface area contributed by atoms with Crippen LogP contribution in [0.15, 0.2) is 109 Å². The first-order valence-electron chi connectivity index (χ1n) is 12.7. The summed E-state index contributed by atoms with van der Waals surface area (Å²) in [6.07, 6.45) is 2.37. The molecule has 2 aliphatic heterocycles. The summed E-state index contributed by atoms with van der Waals surface area (Å²) in [6, 6.07) is 37.8. The molecule has 36 heavy (non-hydrogen) atoms. The van der Waals surface area contributed by atoms with Crippen molar-refractivity contribution in [3.05, 3.63) is 120 Å². The van der Waals surface area contributed by atoms with Gasteiger partial charge in [0, 0.05) is 34.3 Å². The van der Waals surface area contributed by atoms with Gasteiger partial charge in [-0.1, -0.05) is 79.8 Å². The van der Waals surface area contributed by atoms with Gasteiger partial charge >= 0.3 is 0 Å². The number of pyridine rings is 1. The maximum absolute atomic E-state index is 2.53. The number of hydrogen-bond donors (Lipinski definition) is 0. The van der Waals surface area contributed by atoms with Crippen LogP contribution in [0.1, 0.15) is 11.1 Å². The predicted octanol–water partition coefficient (Wildman–Crippen LogP) is 6.58. The zero-order valence-corrected chi connectivity index (χ0v) is 22.0. The third-order valence-corrected chi connectivity index (χ3v) is 11.6. The van der Waals surface area contributed by atoms with E-state index in [-0.39, 0.29) is 0 Å². The number of para-hydroxylation sites is 2. The first kappa shape index (κ1) is 21.3. The molecule has 0 aliphatic carbocycles. The Labute approximate surface area is 214 Å². The maximum Gasteiger partial charge on any atom is 0.213 e. The van der Waals surface area contributed by atoms with E-state index >= 15 is 0 Å². The lowest BCUT2D eigenvalue weighted by Gasteiger charge is -2.41. The first-order chi connectivity index (χ1) is 17.5. The van der Waals surface area contributed by atoms with Crippen LogP contribution in [0.25, 0.3) is 22.4 Å². The Hall–Kier alpha value is -3.95. The maximum atomic E-state index is 2.53. The van der Waals surface area contributed by atoms with E-state index in [9.17, 15) is 0 Å². The lowest BCUT2D eigenvalue weighted by Crippen LogP contribution is -2.60. The monoisotopic (exact) mass is 481 g/mol. The molecular formula is C33H29N2Si+. The second-order valence-electron chi connectivity index (χ2n) is 10.5. The third-order valence-electron chi connectivity index (χ3n) is 8.05. The minimum Gasteiger partial charge on any atom is -0.311 e. The summed E-state index contributed by atoms with van der Waals surface area (Å²) in [7, 11) is -1.95. The van der Waals surface area contributed by atoms with Crippen LogP contribution < -0.4 is 19.8 Å². The summed E-state index contributed by atoms with van der Waals surface area (Å²) >= 11 is 0. The summed E-state index contributed by atoms with van der Waals surface area (Å²) < 4.78 is 2.47. The van der Waals surface area contributed by atoms with Gasteiger partial charge in [0.2, 0.25) is 5.69 Å². The molecule has 2 aliphatic rings. The average molecular weight is 482 g/mol. The molecule has 0 N–H and O–H groups in total. The fourth-order valence-corrected chi connectivity index (χ4v) is 9.81. The van der Waals surface area contributed by atoms with E-state index < -0.39 is 8.07 Å². The van der Waals surface area contributed by atoms with Crippen LogP contribution in [0.4, 0.5) is 17.1 Å². The van der Waals surface area contributed by atoms with E-state index in [0.29, 0.717) is 0 Å². The van der Waals surface area contributed by atoms with Crippen LogP contribution in [0, 0.1) is 6.92 Å². The van der Waals surface area contributed by atoms with Crippen LogP contribution in [0.3, 0.4) is 0 Å². The molecule has 0 spiro atoms. The van der Waals surface area contributed by atoms with E-state index in [4.69, 9.17) is 0 Å². The summed E-state index contributed by atoms with van der Waals surface area (Å²) in [5.74, 6) is 0.